The summed E-state index contributed by atoms with van der Waals surface area (Å²) >= 11 is 5.98. The highest BCUT2D eigenvalue weighted by Gasteiger charge is 2.23. The largest absolute Gasteiger partial charge is 0.488 e. The minimum Gasteiger partial charge on any atom is -0.488 e. The molecule has 1 fully saturated rings. The molecule has 5 heteroatoms. The van der Waals surface area contributed by atoms with Crippen LogP contribution in [0.15, 0.2) is 23.8 Å². The smallest absolute Gasteiger partial charge is 0.250 e. The standard InChI is InChI=1S/C16H19ClN2O2/c17-12-1-6-15-10(8-12)7-11(9-21-15)16(20)19-14-4-2-13(18)3-5-14/h1,6-8,13-14H,2-5,9,18H2,(H,19,20). The van der Waals surface area contributed by atoms with Crippen LogP contribution in [0.2, 0.25) is 5.02 Å². The average molecular weight is 307 g/mol. The minimum atomic E-state index is -0.0545. The number of carbonyl (C=O) groups excluding carboxylic acids is 1. The van der Waals surface area contributed by atoms with Crippen LogP contribution < -0.4 is 15.8 Å². The fraction of sp³-hybridized carbons (Fsp3) is 0.438. The van der Waals surface area contributed by atoms with E-state index in [2.05, 4.69) is 5.32 Å². The average Bonchev–Trinajstić information content (AvgIpc) is 2.48. The summed E-state index contributed by atoms with van der Waals surface area (Å²) in [5.74, 6) is 0.709. The van der Waals surface area contributed by atoms with Gasteiger partial charge in [-0.25, -0.2) is 0 Å². The quantitative estimate of drug-likeness (QED) is 0.882. The molecule has 1 saturated carbocycles. The fourth-order valence-electron chi connectivity index (χ4n) is 2.82. The number of nitrogens with two attached hydrogens (primary N) is 1. The number of hydrogen-bond acceptors (Lipinski definition) is 3. The molecule has 21 heavy (non-hydrogen) atoms. The third kappa shape index (κ3) is 3.39. The summed E-state index contributed by atoms with van der Waals surface area (Å²) in [6.45, 7) is 0.298. The fourth-order valence-corrected chi connectivity index (χ4v) is 3.00. The van der Waals surface area contributed by atoms with Crippen molar-refractivity contribution >= 4 is 23.6 Å². The number of benzene rings is 1. The van der Waals surface area contributed by atoms with Crippen molar-refractivity contribution in [3.8, 4) is 5.75 Å². The number of carbonyl (C=O) groups is 1. The summed E-state index contributed by atoms with van der Waals surface area (Å²) in [6, 6.07) is 5.92. The van der Waals surface area contributed by atoms with Crippen molar-refractivity contribution in [3.63, 3.8) is 0 Å². The van der Waals surface area contributed by atoms with Crippen molar-refractivity contribution in [3.05, 3.63) is 34.4 Å². The molecule has 1 amide bonds. The third-order valence-electron chi connectivity index (χ3n) is 4.08. The zero-order valence-corrected chi connectivity index (χ0v) is 12.5. The highest BCUT2D eigenvalue weighted by atomic mass is 35.5. The number of halogens is 1. The van der Waals surface area contributed by atoms with Gasteiger partial charge in [0.1, 0.15) is 12.4 Å². The Labute approximate surface area is 129 Å². The number of fused-ring (bicyclic) bond motifs is 1. The molecule has 112 valence electrons. The van der Waals surface area contributed by atoms with Gasteiger partial charge in [-0.1, -0.05) is 11.6 Å². The molecule has 0 atom stereocenters. The first kappa shape index (κ1) is 14.4. The molecule has 0 bridgehead atoms. The van der Waals surface area contributed by atoms with Gasteiger partial charge in [0.25, 0.3) is 5.91 Å². The number of nitrogens with one attached hydrogen (secondary N) is 1. The Balaban J connectivity index is 1.68. The molecule has 0 radical (unpaired) electrons. The van der Waals surface area contributed by atoms with Gasteiger partial charge in [-0.15, -0.1) is 0 Å². The Morgan fingerprint density at radius 3 is 2.81 bits per heavy atom. The van der Waals surface area contributed by atoms with Crippen molar-refractivity contribution < 1.29 is 9.53 Å². The van der Waals surface area contributed by atoms with E-state index in [0.29, 0.717) is 17.2 Å². The van der Waals surface area contributed by atoms with E-state index < -0.39 is 0 Å². The molecular formula is C16H19ClN2O2. The lowest BCUT2D eigenvalue weighted by Crippen LogP contribution is -2.41. The Hall–Kier alpha value is -1.52. The molecule has 1 aliphatic heterocycles. The van der Waals surface area contributed by atoms with E-state index in [9.17, 15) is 4.79 Å². The van der Waals surface area contributed by atoms with Crippen LogP contribution in [0.1, 0.15) is 31.2 Å². The van der Waals surface area contributed by atoms with Crippen molar-refractivity contribution in [2.45, 2.75) is 37.8 Å². The van der Waals surface area contributed by atoms with E-state index in [-0.39, 0.29) is 18.0 Å². The van der Waals surface area contributed by atoms with E-state index >= 15 is 0 Å². The van der Waals surface area contributed by atoms with Gasteiger partial charge in [0, 0.05) is 22.7 Å². The van der Waals surface area contributed by atoms with Crippen LogP contribution in [-0.4, -0.2) is 24.6 Å². The van der Waals surface area contributed by atoms with Crippen LogP contribution in [0.3, 0.4) is 0 Å². The van der Waals surface area contributed by atoms with Gasteiger partial charge in [-0.05, 0) is 50.0 Å². The maximum Gasteiger partial charge on any atom is 0.250 e. The second-order valence-electron chi connectivity index (χ2n) is 5.73. The SMILES string of the molecule is NC1CCC(NC(=O)C2=Cc3cc(Cl)ccc3OC2)CC1. The molecule has 0 aromatic heterocycles. The van der Waals surface area contributed by atoms with E-state index in [1.54, 1.807) is 6.07 Å². The first-order chi connectivity index (χ1) is 10.1. The monoisotopic (exact) mass is 306 g/mol. The molecule has 1 heterocycles. The zero-order valence-electron chi connectivity index (χ0n) is 11.8. The lowest BCUT2D eigenvalue weighted by molar-refractivity contribution is -0.118. The van der Waals surface area contributed by atoms with Crippen LogP contribution in [0, 0.1) is 0 Å². The maximum atomic E-state index is 12.3. The lowest BCUT2D eigenvalue weighted by Gasteiger charge is -2.27. The summed E-state index contributed by atoms with van der Waals surface area (Å²) in [6.07, 6.45) is 5.69. The van der Waals surface area contributed by atoms with Gasteiger partial charge in [0.15, 0.2) is 0 Å². The molecule has 3 N–H and O–H groups in total. The van der Waals surface area contributed by atoms with Crippen molar-refractivity contribution in [1.29, 1.82) is 0 Å². The molecule has 1 aromatic rings. The van der Waals surface area contributed by atoms with Crippen LogP contribution in [-0.2, 0) is 4.79 Å². The highest BCUT2D eigenvalue weighted by molar-refractivity contribution is 6.30. The van der Waals surface area contributed by atoms with Crippen molar-refractivity contribution in [2.24, 2.45) is 5.73 Å². The van der Waals surface area contributed by atoms with Gasteiger partial charge < -0.3 is 15.8 Å². The summed E-state index contributed by atoms with van der Waals surface area (Å²) in [5.41, 5.74) is 7.37. The molecular weight excluding hydrogens is 288 g/mol. The molecule has 3 rings (SSSR count). The Morgan fingerprint density at radius 2 is 2.05 bits per heavy atom. The topological polar surface area (TPSA) is 64.3 Å². The van der Waals surface area contributed by atoms with Crippen LogP contribution in [0.4, 0.5) is 0 Å². The summed E-state index contributed by atoms with van der Waals surface area (Å²) in [5, 5.41) is 3.71. The third-order valence-corrected chi connectivity index (χ3v) is 4.32. The van der Waals surface area contributed by atoms with Crippen molar-refractivity contribution in [2.75, 3.05) is 6.61 Å². The minimum absolute atomic E-state index is 0.0545. The van der Waals surface area contributed by atoms with Crippen LogP contribution in [0.25, 0.3) is 6.08 Å². The zero-order chi connectivity index (χ0) is 14.8. The van der Waals surface area contributed by atoms with Gasteiger partial charge in [0.05, 0.1) is 5.57 Å². The van der Waals surface area contributed by atoms with E-state index in [4.69, 9.17) is 22.1 Å². The van der Waals surface area contributed by atoms with Gasteiger partial charge >= 0.3 is 0 Å². The van der Waals surface area contributed by atoms with Gasteiger partial charge in [-0.3, -0.25) is 4.79 Å². The molecule has 1 aliphatic carbocycles. The van der Waals surface area contributed by atoms with Gasteiger partial charge in [0.2, 0.25) is 0 Å². The Morgan fingerprint density at radius 1 is 1.29 bits per heavy atom. The second kappa shape index (κ2) is 6.08. The summed E-state index contributed by atoms with van der Waals surface area (Å²) in [4.78, 5) is 12.3. The normalized spacial score (nSPS) is 24.6. The second-order valence-corrected chi connectivity index (χ2v) is 6.16. The molecule has 4 nitrogen and oxygen atoms in total. The van der Waals surface area contributed by atoms with E-state index in [1.165, 1.54) is 0 Å². The maximum absolute atomic E-state index is 12.3. The van der Waals surface area contributed by atoms with E-state index in [1.807, 2.05) is 18.2 Å². The van der Waals surface area contributed by atoms with Crippen LogP contribution in [0.5, 0.6) is 5.75 Å². The van der Waals surface area contributed by atoms with Crippen LogP contribution >= 0.6 is 11.6 Å². The number of ether oxygens (including phenoxy) is 1. The first-order valence-electron chi connectivity index (χ1n) is 7.31. The number of rotatable bonds is 2. The van der Waals surface area contributed by atoms with E-state index in [0.717, 1.165) is 37.0 Å². The Kier molecular flexibility index (Phi) is 4.17. The summed E-state index contributed by atoms with van der Waals surface area (Å²) < 4.78 is 5.61. The highest BCUT2D eigenvalue weighted by Crippen LogP contribution is 2.29. The first-order valence-corrected chi connectivity index (χ1v) is 7.69. The van der Waals surface area contributed by atoms with Crippen molar-refractivity contribution in [1.82, 2.24) is 5.32 Å². The predicted molar refractivity (Wildman–Crippen MR) is 83.3 cm³/mol. The number of amides is 1. The lowest BCUT2D eigenvalue weighted by atomic mass is 9.91. The molecule has 0 unspecified atom stereocenters. The number of hydrogen-bond donors (Lipinski definition) is 2. The van der Waals surface area contributed by atoms with Gasteiger partial charge in [-0.2, -0.15) is 0 Å². The Bertz CT molecular complexity index is 578. The molecule has 2 aliphatic rings. The molecule has 0 saturated heterocycles. The predicted octanol–water partition coefficient (Wildman–Crippen LogP) is 2.50. The summed E-state index contributed by atoms with van der Waals surface area (Å²) in [7, 11) is 0. The molecule has 0 spiro atoms. The molecule has 1 aromatic carbocycles.